The second-order valence-corrected chi connectivity index (χ2v) is 15.8. The molecule has 61 heavy (non-hydrogen) atoms. The first-order chi connectivity index (χ1) is 28.9. The minimum Gasteiger partial charge on any atom is -0.507 e. The molecule has 0 unspecified atom stereocenters. The third-order valence-corrected chi connectivity index (χ3v) is 11.3. The lowest BCUT2D eigenvalue weighted by atomic mass is 9.95. The highest BCUT2D eigenvalue weighted by Gasteiger charge is 2.51. The van der Waals surface area contributed by atoms with Crippen LogP contribution in [0.5, 0.6) is 23.0 Å². The molecule has 0 radical (unpaired) electrons. The average molecular weight is 871 g/mol. The van der Waals surface area contributed by atoms with Crippen LogP contribution < -0.4 is 19.6 Å². The predicted octanol–water partition coefficient (Wildman–Crippen LogP) is -2.26. The fourth-order valence-corrected chi connectivity index (χ4v) is 7.26. The standard InChI is InChI=1S/C40H54O21/c1-15-24(44)35(60-38-31(51)29(49)26(46)22(14-42)58-38)32(52)39(55-15)61-36-27(47)23-19(43)12-20(56-37-30(50)28(48)25(45)21(13-41)57-37)18(10-11-40(2,3)54-5)34(23)59-33(36)16-6-8-17(53-4)9-7-16/h6-9,12,15,21-22,24-26,28-32,35,37-39,41-46,48-52H,10-11,13-14H2,1-5H3/t15-,21+,22+,24-,25+,26+,28-,29-,30+,31+,32+,35+,37+,38-,39-/m0/s1. The summed E-state index contributed by atoms with van der Waals surface area (Å²) in [7, 11) is 2.93. The van der Waals surface area contributed by atoms with Crippen molar-refractivity contribution in [3.05, 3.63) is 46.1 Å². The second kappa shape index (κ2) is 18.9. The molecule has 0 aliphatic carbocycles. The molecule has 21 heteroatoms. The summed E-state index contributed by atoms with van der Waals surface area (Å²) in [5, 5.41) is 116. The zero-order valence-electron chi connectivity index (χ0n) is 33.9. The van der Waals surface area contributed by atoms with Gasteiger partial charge in [-0.3, -0.25) is 4.79 Å². The number of aryl methyl sites for hydroxylation is 1. The maximum absolute atomic E-state index is 14.8. The lowest BCUT2D eigenvalue weighted by Crippen LogP contribution is -2.64. The summed E-state index contributed by atoms with van der Waals surface area (Å²) in [4.78, 5) is 14.8. The Hall–Kier alpha value is -3.75. The van der Waals surface area contributed by atoms with Gasteiger partial charge in [-0.1, -0.05) is 0 Å². The lowest BCUT2D eigenvalue weighted by Gasteiger charge is -2.45. The van der Waals surface area contributed by atoms with E-state index >= 15 is 0 Å². The van der Waals surface area contributed by atoms with Crippen LogP contribution >= 0.6 is 0 Å². The molecular formula is C40H54O21. The van der Waals surface area contributed by atoms with E-state index in [0.29, 0.717) is 5.75 Å². The van der Waals surface area contributed by atoms with Crippen LogP contribution in [0.3, 0.4) is 0 Å². The molecule has 3 aliphatic rings. The smallest absolute Gasteiger partial charge is 0.239 e. The summed E-state index contributed by atoms with van der Waals surface area (Å²) in [6.07, 6.45) is -25.0. The zero-order chi connectivity index (χ0) is 44.7. The Morgan fingerprint density at radius 3 is 1.87 bits per heavy atom. The van der Waals surface area contributed by atoms with Crippen LogP contribution in [0.1, 0.15) is 32.8 Å². The van der Waals surface area contributed by atoms with E-state index in [9.17, 15) is 61.0 Å². The molecule has 15 atom stereocenters. The summed E-state index contributed by atoms with van der Waals surface area (Å²) in [5.74, 6) is -1.34. The Bertz CT molecular complexity index is 2000. The number of methoxy groups -OCH3 is 2. The molecule has 6 rings (SSSR count). The van der Waals surface area contributed by atoms with Gasteiger partial charge in [-0.25, -0.2) is 0 Å². The van der Waals surface area contributed by atoms with E-state index in [-0.39, 0.29) is 41.1 Å². The number of ether oxygens (including phenoxy) is 8. The van der Waals surface area contributed by atoms with Crippen molar-refractivity contribution in [3.8, 4) is 34.3 Å². The number of aliphatic hydroxyl groups is 10. The van der Waals surface area contributed by atoms with Gasteiger partial charge in [0.2, 0.25) is 23.8 Å². The van der Waals surface area contributed by atoms with Crippen LogP contribution in [0.25, 0.3) is 22.3 Å². The third kappa shape index (κ3) is 9.32. The molecule has 0 bridgehead atoms. The number of aliphatic hydroxyl groups excluding tert-OH is 10. The molecule has 3 saturated heterocycles. The Balaban J connectivity index is 1.47. The Labute approximate surface area is 348 Å². The van der Waals surface area contributed by atoms with E-state index < -0.39 is 133 Å². The highest BCUT2D eigenvalue weighted by atomic mass is 16.7. The largest absolute Gasteiger partial charge is 0.507 e. The molecule has 340 valence electrons. The molecule has 11 N–H and O–H groups in total. The van der Waals surface area contributed by atoms with Gasteiger partial charge in [0, 0.05) is 24.3 Å². The number of hydrogen-bond acceptors (Lipinski definition) is 21. The van der Waals surface area contributed by atoms with Crippen LogP contribution in [0.4, 0.5) is 0 Å². The summed E-state index contributed by atoms with van der Waals surface area (Å²) in [6, 6.07) is 7.19. The molecule has 3 aromatic rings. The maximum Gasteiger partial charge on any atom is 0.239 e. The number of hydrogen-bond donors (Lipinski definition) is 11. The summed E-state index contributed by atoms with van der Waals surface area (Å²) >= 11 is 0. The molecule has 3 aliphatic heterocycles. The number of aromatic hydroxyl groups is 1. The van der Waals surface area contributed by atoms with Gasteiger partial charge in [0.15, 0.2) is 12.1 Å². The normalized spacial score (nSPS) is 34.6. The van der Waals surface area contributed by atoms with Crippen molar-refractivity contribution in [1.82, 2.24) is 0 Å². The predicted molar refractivity (Wildman–Crippen MR) is 206 cm³/mol. The van der Waals surface area contributed by atoms with E-state index in [4.69, 9.17) is 42.3 Å². The first-order valence-electron chi connectivity index (χ1n) is 19.5. The number of phenolic OH excluding ortho intramolecular Hbond substituents is 1. The van der Waals surface area contributed by atoms with E-state index in [1.54, 1.807) is 26.0 Å². The van der Waals surface area contributed by atoms with Gasteiger partial charge < -0.3 is 98.5 Å². The van der Waals surface area contributed by atoms with Gasteiger partial charge in [0.05, 0.1) is 32.0 Å². The van der Waals surface area contributed by atoms with Gasteiger partial charge in [-0.15, -0.1) is 0 Å². The number of rotatable bonds is 14. The Kier molecular flexibility index (Phi) is 14.5. The molecule has 4 heterocycles. The highest BCUT2D eigenvalue weighted by Crippen LogP contribution is 2.42. The SMILES string of the molecule is COc1ccc(-c2oc3c(CCC(C)(C)OC)c(O[C@@H]4O[C@H](CO)[C@@H](O)[C@H](O)[C@H]4O)cc(O)c3c(=O)c2O[C@@H]2O[C@@H](C)[C@H](O)[C@@H](O[C@@H]3O[C@H](CO)[C@@H](O)[C@H](O)[C@H]3O)[C@H]2O)cc1. The summed E-state index contributed by atoms with van der Waals surface area (Å²) in [5.41, 5.74) is -1.63. The molecule has 0 saturated carbocycles. The van der Waals surface area contributed by atoms with Crippen molar-refractivity contribution in [2.75, 3.05) is 27.4 Å². The molecule has 1 aromatic heterocycles. The topological polar surface area (TPSA) is 327 Å². The van der Waals surface area contributed by atoms with E-state index in [1.165, 1.54) is 33.3 Å². The molecule has 2 aromatic carbocycles. The van der Waals surface area contributed by atoms with Crippen molar-refractivity contribution in [2.45, 2.75) is 131 Å². The first-order valence-corrected chi connectivity index (χ1v) is 19.5. The second-order valence-electron chi connectivity index (χ2n) is 15.8. The monoisotopic (exact) mass is 870 g/mol. The maximum atomic E-state index is 14.8. The van der Waals surface area contributed by atoms with Crippen LogP contribution in [0.2, 0.25) is 0 Å². The van der Waals surface area contributed by atoms with E-state index in [0.717, 1.165) is 6.07 Å². The molecule has 3 fully saturated rings. The van der Waals surface area contributed by atoms with Crippen molar-refractivity contribution in [3.63, 3.8) is 0 Å². The Morgan fingerprint density at radius 2 is 1.30 bits per heavy atom. The lowest BCUT2D eigenvalue weighted by molar-refractivity contribution is -0.350. The van der Waals surface area contributed by atoms with Crippen LogP contribution in [0, 0.1) is 0 Å². The zero-order valence-corrected chi connectivity index (χ0v) is 33.9. The third-order valence-electron chi connectivity index (χ3n) is 11.3. The van der Waals surface area contributed by atoms with Crippen molar-refractivity contribution >= 4 is 11.0 Å². The first kappa shape index (κ1) is 46.7. The molecular weight excluding hydrogens is 816 g/mol. The van der Waals surface area contributed by atoms with Crippen LogP contribution in [-0.2, 0) is 30.1 Å². The van der Waals surface area contributed by atoms with E-state index in [1.807, 2.05) is 0 Å². The quantitative estimate of drug-likeness (QED) is 0.0814. The van der Waals surface area contributed by atoms with Crippen LogP contribution in [0.15, 0.2) is 39.5 Å². The van der Waals surface area contributed by atoms with Gasteiger partial charge >= 0.3 is 0 Å². The Morgan fingerprint density at radius 1 is 0.721 bits per heavy atom. The molecule has 0 spiro atoms. The van der Waals surface area contributed by atoms with Crippen molar-refractivity contribution in [1.29, 1.82) is 0 Å². The van der Waals surface area contributed by atoms with E-state index in [2.05, 4.69) is 0 Å². The number of phenols is 1. The minimum absolute atomic E-state index is 0.0341. The van der Waals surface area contributed by atoms with Crippen LogP contribution in [-0.4, -0.2) is 181 Å². The average Bonchev–Trinajstić information content (AvgIpc) is 3.24. The fourth-order valence-electron chi connectivity index (χ4n) is 7.26. The molecule has 0 amide bonds. The highest BCUT2D eigenvalue weighted by molar-refractivity contribution is 5.91. The number of fused-ring (bicyclic) bond motifs is 1. The minimum atomic E-state index is -1.97. The summed E-state index contributed by atoms with van der Waals surface area (Å²) < 4.78 is 52.1. The fraction of sp³-hybridized carbons (Fsp3) is 0.625. The van der Waals surface area contributed by atoms with Gasteiger partial charge in [0.25, 0.3) is 0 Å². The molecule has 21 nitrogen and oxygen atoms in total. The van der Waals surface area contributed by atoms with Crippen molar-refractivity contribution in [2.24, 2.45) is 0 Å². The van der Waals surface area contributed by atoms with Gasteiger partial charge in [-0.2, -0.15) is 0 Å². The van der Waals surface area contributed by atoms with Gasteiger partial charge in [-0.05, 0) is 57.9 Å². The van der Waals surface area contributed by atoms with Crippen molar-refractivity contribution < 1.29 is 98.5 Å². The summed E-state index contributed by atoms with van der Waals surface area (Å²) in [6.45, 7) is 3.45. The number of benzene rings is 2. The van der Waals surface area contributed by atoms with Gasteiger partial charge in [0.1, 0.15) is 95.4 Å².